The first-order chi connectivity index (χ1) is 10.4. The van der Waals surface area contributed by atoms with Crippen molar-refractivity contribution in [2.45, 2.75) is 26.3 Å². The summed E-state index contributed by atoms with van der Waals surface area (Å²) in [6, 6.07) is 6.56. The molecule has 0 saturated carbocycles. The van der Waals surface area contributed by atoms with E-state index in [1.807, 2.05) is 0 Å². The fourth-order valence-electron chi connectivity index (χ4n) is 1.46. The van der Waals surface area contributed by atoms with Crippen molar-refractivity contribution in [3.63, 3.8) is 0 Å². The number of ketones is 1. The molecule has 0 saturated heterocycles. The molecule has 1 atom stereocenters. The topological polar surface area (TPSA) is 97.6 Å². The number of hydrogen-bond acceptors (Lipinski definition) is 7. The molecule has 22 heavy (non-hydrogen) atoms. The average Bonchev–Trinajstić information content (AvgIpc) is 2.51. The molecule has 1 rings (SSSR count). The summed E-state index contributed by atoms with van der Waals surface area (Å²) in [4.78, 5) is 23.5. The quantitative estimate of drug-likeness (QED) is 0.450. The molecule has 1 N–H and O–H groups in total. The highest BCUT2D eigenvalue weighted by molar-refractivity contribution is 6.07. The van der Waals surface area contributed by atoms with Crippen molar-refractivity contribution in [3.05, 3.63) is 24.3 Å². The number of benzene rings is 1. The lowest BCUT2D eigenvalue weighted by Gasteiger charge is -2.18. The number of azo groups is 1. The predicted octanol–water partition coefficient (Wildman–Crippen LogP) is 2.05. The van der Waals surface area contributed by atoms with Crippen molar-refractivity contribution >= 4 is 17.4 Å². The van der Waals surface area contributed by atoms with Crippen LogP contribution in [-0.4, -0.2) is 42.2 Å². The molecule has 120 valence electrons. The van der Waals surface area contributed by atoms with Gasteiger partial charge in [-0.3, -0.25) is 4.79 Å². The second-order valence-corrected chi connectivity index (χ2v) is 4.61. The Hall–Kier alpha value is -2.28. The molecule has 1 aromatic carbocycles. The van der Waals surface area contributed by atoms with E-state index in [1.54, 1.807) is 31.2 Å². The fraction of sp³-hybridized carbons (Fsp3) is 0.467. The summed E-state index contributed by atoms with van der Waals surface area (Å²) >= 11 is 0. The summed E-state index contributed by atoms with van der Waals surface area (Å²) in [7, 11) is 0. The van der Waals surface area contributed by atoms with E-state index in [1.165, 1.54) is 13.8 Å². The van der Waals surface area contributed by atoms with Gasteiger partial charge in [-0.05, 0) is 45.0 Å². The van der Waals surface area contributed by atoms with Crippen LogP contribution in [0.15, 0.2) is 34.5 Å². The van der Waals surface area contributed by atoms with Gasteiger partial charge in [0.05, 0.1) is 18.9 Å². The molecule has 0 amide bonds. The Morgan fingerprint density at radius 2 is 1.91 bits per heavy atom. The molecule has 0 heterocycles. The summed E-state index contributed by atoms with van der Waals surface area (Å²) in [6.07, 6.45) is 0. The van der Waals surface area contributed by atoms with Crippen molar-refractivity contribution in [2.75, 3.05) is 19.8 Å². The third-order valence-corrected chi connectivity index (χ3v) is 2.92. The molecule has 0 aliphatic heterocycles. The fourth-order valence-corrected chi connectivity index (χ4v) is 1.46. The van der Waals surface area contributed by atoms with Gasteiger partial charge in [0.1, 0.15) is 12.4 Å². The summed E-state index contributed by atoms with van der Waals surface area (Å²) in [5.41, 5.74) is -1.18. The van der Waals surface area contributed by atoms with Crippen LogP contribution in [0.2, 0.25) is 0 Å². The van der Waals surface area contributed by atoms with Crippen molar-refractivity contribution < 1.29 is 24.2 Å². The first-order valence-corrected chi connectivity index (χ1v) is 6.89. The normalized spacial score (nSPS) is 13.6. The second-order valence-electron chi connectivity index (χ2n) is 4.61. The first-order valence-electron chi connectivity index (χ1n) is 6.89. The lowest BCUT2D eigenvalue weighted by atomic mass is 9.99. The molecule has 0 radical (unpaired) electrons. The van der Waals surface area contributed by atoms with Crippen LogP contribution in [0.1, 0.15) is 20.8 Å². The zero-order chi connectivity index (χ0) is 16.6. The highest BCUT2D eigenvalue weighted by atomic mass is 16.5. The minimum absolute atomic E-state index is 0.0715. The summed E-state index contributed by atoms with van der Waals surface area (Å²) in [6.45, 7) is 4.58. The molecule has 0 aliphatic carbocycles. The average molecular weight is 308 g/mol. The van der Waals surface area contributed by atoms with Gasteiger partial charge >= 0.3 is 5.97 Å². The Balaban J connectivity index is 2.87. The maximum Gasteiger partial charge on any atom is 0.343 e. The number of carbonyl (C=O) groups excluding carboxylic acids is 2. The van der Waals surface area contributed by atoms with Crippen molar-refractivity contribution in [1.82, 2.24) is 0 Å². The van der Waals surface area contributed by atoms with Gasteiger partial charge in [0.2, 0.25) is 5.54 Å². The molecule has 0 spiro atoms. The summed E-state index contributed by atoms with van der Waals surface area (Å²) in [5, 5.41) is 16.4. The summed E-state index contributed by atoms with van der Waals surface area (Å²) < 4.78 is 10.1. The second kappa shape index (κ2) is 8.23. The molecule has 0 aromatic heterocycles. The minimum Gasteiger partial charge on any atom is -0.491 e. The van der Waals surface area contributed by atoms with E-state index in [4.69, 9.17) is 14.6 Å². The number of hydrogen-bond donors (Lipinski definition) is 1. The van der Waals surface area contributed by atoms with Crippen LogP contribution in [0.3, 0.4) is 0 Å². The lowest BCUT2D eigenvalue weighted by Crippen LogP contribution is -2.41. The van der Waals surface area contributed by atoms with E-state index in [0.29, 0.717) is 11.4 Å². The molecular weight excluding hydrogens is 288 g/mol. The van der Waals surface area contributed by atoms with E-state index >= 15 is 0 Å². The first kappa shape index (κ1) is 17.8. The van der Waals surface area contributed by atoms with Crippen LogP contribution in [0, 0.1) is 0 Å². The van der Waals surface area contributed by atoms with E-state index in [0.717, 1.165) is 0 Å². The lowest BCUT2D eigenvalue weighted by molar-refractivity contribution is -0.152. The molecule has 0 bridgehead atoms. The Bertz CT molecular complexity index is 541. The number of nitrogens with zero attached hydrogens (tertiary/aromatic N) is 2. The SMILES string of the molecule is CCOC(=O)C(C)(N=Nc1ccc(OCCO)cc1)C(C)=O. The van der Waals surface area contributed by atoms with Crippen LogP contribution < -0.4 is 4.74 Å². The smallest absolute Gasteiger partial charge is 0.343 e. The molecule has 1 unspecified atom stereocenters. The monoisotopic (exact) mass is 308 g/mol. The Morgan fingerprint density at radius 1 is 1.27 bits per heavy atom. The van der Waals surface area contributed by atoms with Crippen LogP contribution in [0.25, 0.3) is 0 Å². The standard InChI is InChI=1S/C15H20N2O5/c1-4-21-14(20)15(3,11(2)19)17-16-12-5-7-13(8-6-12)22-10-9-18/h5-8,18H,4,9-10H2,1-3H3. The Morgan fingerprint density at radius 3 is 2.41 bits per heavy atom. The largest absolute Gasteiger partial charge is 0.491 e. The van der Waals surface area contributed by atoms with Gasteiger partial charge < -0.3 is 14.6 Å². The third kappa shape index (κ3) is 4.63. The molecule has 0 aliphatic rings. The minimum atomic E-state index is -1.65. The summed E-state index contributed by atoms with van der Waals surface area (Å²) in [5.74, 6) is -0.598. The third-order valence-electron chi connectivity index (χ3n) is 2.92. The Labute approximate surface area is 129 Å². The number of rotatable bonds is 8. The van der Waals surface area contributed by atoms with E-state index in [-0.39, 0.29) is 19.8 Å². The van der Waals surface area contributed by atoms with Crippen molar-refractivity contribution in [3.8, 4) is 5.75 Å². The number of Topliss-reactive ketones (excluding diaryl/α,β-unsaturated/α-hetero) is 1. The number of carbonyl (C=O) groups is 2. The van der Waals surface area contributed by atoms with Gasteiger partial charge in [-0.2, -0.15) is 10.2 Å². The van der Waals surface area contributed by atoms with Gasteiger partial charge in [-0.15, -0.1) is 0 Å². The number of ether oxygens (including phenoxy) is 2. The van der Waals surface area contributed by atoms with Gasteiger partial charge in [0.25, 0.3) is 0 Å². The maximum absolute atomic E-state index is 11.9. The van der Waals surface area contributed by atoms with E-state index in [9.17, 15) is 9.59 Å². The van der Waals surface area contributed by atoms with Gasteiger partial charge in [0, 0.05) is 0 Å². The highest BCUT2D eigenvalue weighted by Crippen LogP contribution is 2.22. The van der Waals surface area contributed by atoms with E-state index in [2.05, 4.69) is 10.2 Å². The maximum atomic E-state index is 11.9. The molecule has 7 nitrogen and oxygen atoms in total. The highest BCUT2D eigenvalue weighted by Gasteiger charge is 2.40. The van der Waals surface area contributed by atoms with Gasteiger partial charge in [0.15, 0.2) is 5.78 Å². The van der Waals surface area contributed by atoms with Gasteiger partial charge in [-0.25, -0.2) is 4.79 Å². The Kier molecular flexibility index (Phi) is 6.65. The van der Waals surface area contributed by atoms with Crippen LogP contribution in [0.4, 0.5) is 5.69 Å². The molecular formula is C15H20N2O5. The van der Waals surface area contributed by atoms with Crippen LogP contribution >= 0.6 is 0 Å². The zero-order valence-corrected chi connectivity index (χ0v) is 12.9. The number of esters is 1. The molecule has 1 aromatic rings. The predicted molar refractivity (Wildman–Crippen MR) is 79.3 cm³/mol. The van der Waals surface area contributed by atoms with Gasteiger partial charge in [-0.1, -0.05) is 0 Å². The van der Waals surface area contributed by atoms with Crippen molar-refractivity contribution in [2.24, 2.45) is 10.2 Å². The number of aliphatic hydroxyl groups is 1. The zero-order valence-electron chi connectivity index (χ0n) is 12.9. The van der Waals surface area contributed by atoms with E-state index < -0.39 is 17.3 Å². The molecule has 0 fully saturated rings. The number of aliphatic hydroxyl groups excluding tert-OH is 1. The van der Waals surface area contributed by atoms with Crippen LogP contribution in [-0.2, 0) is 14.3 Å². The molecule has 7 heteroatoms. The van der Waals surface area contributed by atoms with Crippen molar-refractivity contribution in [1.29, 1.82) is 0 Å². The van der Waals surface area contributed by atoms with Crippen LogP contribution in [0.5, 0.6) is 5.75 Å².